The van der Waals surface area contributed by atoms with Gasteiger partial charge in [-0.05, 0) is 36.8 Å². The zero-order chi connectivity index (χ0) is 16.2. The lowest BCUT2D eigenvalue weighted by molar-refractivity contribution is 0.0612. The second-order valence-electron chi connectivity index (χ2n) is 5.80. The average Bonchev–Trinajstić information content (AvgIpc) is 3.24. The number of nitrogens with zero attached hydrogens (tertiary/aromatic N) is 2. The van der Waals surface area contributed by atoms with E-state index < -0.39 is 0 Å². The fraction of sp³-hybridized carbons (Fsp3) is 0.389. The van der Waals surface area contributed by atoms with Gasteiger partial charge >= 0.3 is 0 Å². The first-order valence-corrected chi connectivity index (χ1v) is 7.79. The van der Waals surface area contributed by atoms with Crippen LogP contribution in [-0.4, -0.2) is 54.9 Å². The highest BCUT2D eigenvalue weighted by Gasteiger charge is 2.35. The third-order valence-electron chi connectivity index (χ3n) is 4.33. The van der Waals surface area contributed by atoms with Gasteiger partial charge in [0.15, 0.2) is 0 Å². The summed E-state index contributed by atoms with van der Waals surface area (Å²) in [5, 5.41) is 0. The fourth-order valence-electron chi connectivity index (χ4n) is 3.12. The highest BCUT2D eigenvalue weighted by Crippen LogP contribution is 2.23. The van der Waals surface area contributed by atoms with Crippen molar-refractivity contribution in [3.63, 3.8) is 0 Å². The molecule has 0 spiro atoms. The van der Waals surface area contributed by atoms with Crippen LogP contribution in [0.3, 0.4) is 0 Å². The predicted molar refractivity (Wildman–Crippen MR) is 87.9 cm³/mol. The van der Waals surface area contributed by atoms with Gasteiger partial charge in [-0.25, -0.2) is 0 Å². The summed E-state index contributed by atoms with van der Waals surface area (Å²) in [6.07, 6.45) is 4.82. The molecule has 1 aliphatic rings. The minimum Gasteiger partial charge on any atom is -0.383 e. The normalized spacial score (nSPS) is 20.9. The molecule has 0 radical (unpaired) electrons. The molecule has 1 amide bonds. The van der Waals surface area contributed by atoms with E-state index in [2.05, 4.69) is 0 Å². The van der Waals surface area contributed by atoms with Gasteiger partial charge in [0.2, 0.25) is 0 Å². The van der Waals surface area contributed by atoms with Crippen molar-refractivity contribution in [3.8, 4) is 5.69 Å². The molecule has 2 heterocycles. The van der Waals surface area contributed by atoms with Crippen molar-refractivity contribution in [2.24, 2.45) is 0 Å². The molecule has 5 nitrogen and oxygen atoms in total. The number of hydrogen-bond acceptors (Lipinski definition) is 3. The van der Waals surface area contributed by atoms with E-state index in [0.29, 0.717) is 18.7 Å². The molecule has 1 aromatic carbocycles. The zero-order valence-corrected chi connectivity index (χ0v) is 13.5. The van der Waals surface area contributed by atoms with Crippen molar-refractivity contribution in [1.82, 2.24) is 9.47 Å². The molecule has 2 aromatic rings. The van der Waals surface area contributed by atoms with Crippen LogP contribution < -0.4 is 0 Å². The predicted octanol–water partition coefficient (Wildman–Crippen LogP) is 2.35. The fourth-order valence-corrected chi connectivity index (χ4v) is 3.12. The molecule has 0 N–H and O–H groups in total. The highest BCUT2D eigenvalue weighted by atomic mass is 16.5. The topological polar surface area (TPSA) is 43.7 Å². The van der Waals surface area contributed by atoms with Crippen LogP contribution in [0.25, 0.3) is 5.69 Å². The molecule has 1 saturated heterocycles. The largest absolute Gasteiger partial charge is 0.383 e. The quantitative estimate of drug-likeness (QED) is 0.851. The van der Waals surface area contributed by atoms with E-state index in [-0.39, 0.29) is 18.1 Å². The minimum atomic E-state index is 0.0283. The molecule has 0 unspecified atom stereocenters. The Kier molecular flexibility index (Phi) is 4.79. The van der Waals surface area contributed by atoms with Crippen molar-refractivity contribution in [2.75, 3.05) is 27.4 Å². The first kappa shape index (κ1) is 15.8. The Bertz CT molecular complexity index is 654. The summed E-state index contributed by atoms with van der Waals surface area (Å²) in [5.74, 6) is 0.0283. The number of aromatic nitrogens is 1. The molecule has 2 atom stereocenters. The summed E-state index contributed by atoms with van der Waals surface area (Å²) < 4.78 is 12.7. The molecule has 23 heavy (non-hydrogen) atoms. The molecular weight excluding hydrogens is 292 g/mol. The van der Waals surface area contributed by atoms with Crippen molar-refractivity contribution >= 4 is 5.91 Å². The molecule has 1 aliphatic heterocycles. The monoisotopic (exact) mass is 314 g/mol. The van der Waals surface area contributed by atoms with E-state index in [4.69, 9.17) is 9.47 Å². The Balaban J connectivity index is 1.83. The number of benzene rings is 1. The van der Waals surface area contributed by atoms with Crippen LogP contribution in [0.2, 0.25) is 0 Å². The summed E-state index contributed by atoms with van der Waals surface area (Å²) in [4.78, 5) is 14.8. The number of methoxy groups -OCH3 is 2. The Labute approximate surface area is 136 Å². The van der Waals surface area contributed by atoms with Crippen LogP contribution in [-0.2, 0) is 9.47 Å². The molecule has 5 heteroatoms. The van der Waals surface area contributed by atoms with E-state index >= 15 is 0 Å². The van der Waals surface area contributed by atoms with E-state index in [1.807, 2.05) is 58.3 Å². The maximum absolute atomic E-state index is 12.9. The van der Waals surface area contributed by atoms with E-state index in [9.17, 15) is 4.79 Å². The lowest BCUT2D eigenvalue weighted by Crippen LogP contribution is -2.38. The van der Waals surface area contributed by atoms with E-state index in [0.717, 1.165) is 12.1 Å². The van der Waals surface area contributed by atoms with Gasteiger partial charge in [0.1, 0.15) is 0 Å². The van der Waals surface area contributed by atoms with E-state index in [1.54, 1.807) is 14.2 Å². The molecule has 122 valence electrons. The Morgan fingerprint density at radius 3 is 2.70 bits per heavy atom. The smallest absolute Gasteiger partial charge is 0.254 e. The number of rotatable bonds is 5. The van der Waals surface area contributed by atoms with Crippen LogP contribution in [0.15, 0.2) is 48.8 Å². The zero-order valence-electron chi connectivity index (χ0n) is 13.5. The Morgan fingerprint density at radius 2 is 2.00 bits per heavy atom. The van der Waals surface area contributed by atoms with E-state index in [1.165, 1.54) is 0 Å². The number of hydrogen-bond donors (Lipinski definition) is 0. The molecule has 1 aromatic heterocycles. The van der Waals surface area contributed by atoms with Gasteiger partial charge in [-0.3, -0.25) is 4.79 Å². The van der Waals surface area contributed by atoms with Gasteiger partial charge in [0, 0.05) is 44.4 Å². The summed E-state index contributed by atoms with van der Waals surface area (Å²) in [5.41, 5.74) is 1.67. The van der Waals surface area contributed by atoms with Crippen LogP contribution in [0.5, 0.6) is 0 Å². The lowest BCUT2D eigenvalue weighted by Gasteiger charge is -2.24. The van der Waals surface area contributed by atoms with Gasteiger partial charge in [-0.1, -0.05) is 6.07 Å². The van der Waals surface area contributed by atoms with Gasteiger partial charge < -0.3 is 18.9 Å². The first-order valence-electron chi connectivity index (χ1n) is 7.79. The molecule has 0 bridgehead atoms. The van der Waals surface area contributed by atoms with Crippen molar-refractivity contribution in [3.05, 3.63) is 54.4 Å². The maximum Gasteiger partial charge on any atom is 0.254 e. The second kappa shape index (κ2) is 6.98. The van der Waals surface area contributed by atoms with Crippen LogP contribution in [0, 0.1) is 0 Å². The molecular formula is C18H22N2O3. The molecule has 3 rings (SSSR count). The van der Waals surface area contributed by atoms with Crippen molar-refractivity contribution in [1.29, 1.82) is 0 Å². The number of carbonyl (C=O) groups is 1. The number of likely N-dealkylation sites (tertiary alicyclic amines) is 1. The second-order valence-corrected chi connectivity index (χ2v) is 5.80. The van der Waals surface area contributed by atoms with Crippen LogP contribution in [0.4, 0.5) is 0 Å². The standard InChI is InChI=1S/C18H22N2O3/c1-22-13-16-11-17(23-2)12-20(16)18(21)14-6-5-7-15(10-14)19-8-3-4-9-19/h3-10,16-17H,11-13H2,1-2H3/t16-,17+/m0/s1. The molecule has 1 fully saturated rings. The maximum atomic E-state index is 12.9. The molecule has 0 aliphatic carbocycles. The van der Waals surface area contributed by atoms with Gasteiger partial charge in [0.25, 0.3) is 5.91 Å². The highest BCUT2D eigenvalue weighted by molar-refractivity contribution is 5.95. The van der Waals surface area contributed by atoms with Gasteiger partial charge in [-0.2, -0.15) is 0 Å². The summed E-state index contributed by atoms with van der Waals surface area (Å²) >= 11 is 0. The number of amides is 1. The summed E-state index contributed by atoms with van der Waals surface area (Å²) in [6, 6.07) is 11.7. The molecule has 0 saturated carbocycles. The lowest BCUT2D eigenvalue weighted by atomic mass is 10.1. The third kappa shape index (κ3) is 3.30. The number of ether oxygens (including phenoxy) is 2. The summed E-state index contributed by atoms with van der Waals surface area (Å²) in [6.45, 7) is 1.14. The summed E-state index contributed by atoms with van der Waals surface area (Å²) in [7, 11) is 3.35. The van der Waals surface area contributed by atoms with Crippen LogP contribution in [0.1, 0.15) is 16.8 Å². The minimum absolute atomic E-state index is 0.0283. The average molecular weight is 314 g/mol. The van der Waals surface area contributed by atoms with Crippen molar-refractivity contribution in [2.45, 2.75) is 18.6 Å². The third-order valence-corrected chi connectivity index (χ3v) is 4.33. The number of carbonyl (C=O) groups excluding carboxylic acids is 1. The van der Waals surface area contributed by atoms with Gasteiger partial charge in [0.05, 0.1) is 18.8 Å². The van der Waals surface area contributed by atoms with Gasteiger partial charge in [-0.15, -0.1) is 0 Å². The van der Waals surface area contributed by atoms with Crippen molar-refractivity contribution < 1.29 is 14.3 Å². The Morgan fingerprint density at radius 1 is 1.22 bits per heavy atom. The Hall–Kier alpha value is -2.11. The van der Waals surface area contributed by atoms with Crippen LogP contribution >= 0.6 is 0 Å². The SMILES string of the molecule is COC[C@@H]1C[C@@H](OC)CN1C(=O)c1cccc(-n2cccc2)c1. The first-order chi connectivity index (χ1) is 11.2.